The average Bonchev–Trinajstić information content (AvgIpc) is 3.37. The number of carbonyl (C=O) groups is 1. The van der Waals surface area contributed by atoms with Crippen molar-refractivity contribution in [1.82, 2.24) is 9.47 Å². The second-order valence-corrected chi connectivity index (χ2v) is 10.7. The predicted molar refractivity (Wildman–Crippen MR) is 168 cm³/mol. The van der Waals surface area contributed by atoms with Crippen molar-refractivity contribution in [3.8, 4) is 5.75 Å². The summed E-state index contributed by atoms with van der Waals surface area (Å²) < 4.78 is 8.54. The largest absolute Gasteiger partial charge is 0.489 e. The van der Waals surface area contributed by atoms with Crippen LogP contribution in [0.25, 0.3) is 10.9 Å². The molecule has 1 heterocycles. The molecule has 0 fully saturated rings. The van der Waals surface area contributed by atoms with Gasteiger partial charge in [-0.15, -0.1) is 0 Å². The zero-order valence-electron chi connectivity index (χ0n) is 24.2. The van der Waals surface area contributed by atoms with Crippen molar-refractivity contribution in [2.24, 2.45) is 0 Å². The molecule has 0 radical (unpaired) electrons. The van der Waals surface area contributed by atoms with Gasteiger partial charge in [0.2, 0.25) is 5.91 Å². The van der Waals surface area contributed by atoms with E-state index in [9.17, 15) is 4.79 Å². The number of hydrogen-bond acceptors (Lipinski definition) is 2. The minimum absolute atomic E-state index is 0.0964. The van der Waals surface area contributed by atoms with Crippen LogP contribution in [0.3, 0.4) is 0 Å². The second kappa shape index (κ2) is 13.8. The van der Waals surface area contributed by atoms with Crippen LogP contribution < -0.4 is 4.74 Å². The van der Waals surface area contributed by atoms with Gasteiger partial charge >= 0.3 is 0 Å². The molecule has 41 heavy (non-hydrogen) atoms. The third-order valence-electron chi connectivity index (χ3n) is 7.62. The number of rotatable bonds is 13. The van der Waals surface area contributed by atoms with E-state index in [1.165, 1.54) is 22.0 Å². The van der Waals surface area contributed by atoms with E-state index in [1.807, 2.05) is 35.2 Å². The number of ether oxygens (including phenoxy) is 1. The molecule has 0 aliphatic carbocycles. The molecule has 5 aromatic rings. The Balaban J connectivity index is 1.53. The van der Waals surface area contributed by atoms with Crippen molar-refractivity contribution >= 4 is 16.8 Å². The molecule has 0 aliphatic heterocycles. The first-order chi connectivity index (χ1) is 20.2. The fraction of sp³-hybridized carbons (Fsp3) is 0.270. The molecular weight excluding hydrogens is 504 g/mol. The highest BCUT2D eigenvalue weighted by molar-refractivity contribution is 5.87. The minimum Gasteiger partial charge on any atom is -0.489 e. The third kappa shape index (κ3) is 7.07. The zero-order chi connectivity index (χ0) is 28.4. The number of nitrogens with zero attached hydrogens (tertiary/aromatic N) is 2. The van der Waals surface area contributed by atoms with Crippen molar-refractivity contribution in [2.45, 2.75) is 52.2 Å². The smallest absolute Gasteiger partial charge is 0.223 e. The van der Waals surface area contributed by atoms with E-state index in [2.05, 4.69) is 103 Å². The van der Waals surface area contributed by atoms with Crippen molar-refractivity contribution < 1.29 is 9.53 Å². The number of amides is 1. The Morgan fingerprint density at radius 3 is 2.15 bits per heavy atom. The molecule has 0 aliphatic rings. The van der Waals surface area contributed by atoms with Crippen LogP contribution in [-0.2, 0) is 17.9 Å². The first kappa shape index (κ1) is 28.2. The van der Waals surface area contributed by atoms with Crippen LogP contribution in [0.15, 0.2) is 115 Å². The number of carbonyl (C=O) groups excluding carboxylic acids is 1. The highest BCUT2D eigenvalue weighted by Gasteiger charge is 2.25. The first-order valence-corrected chi connectivity index (χ1v) is 14.8. The summed E-state index contributed by atoms with van der Waals surface area (Å²) in [7, 11) is 0. The van der Waals surface area contributed by atoms with Gasteiger partial charge in [0.05, 0.1) is 0 Å². The number of aromatic nitrogens is 1. The minimum atomic E-state index is -0.0964. The molecule has 4 nitrogen and oxygen atoms in total. The van der Waals surface area contributed by atoms with Crippen molar-refractivity contribution in [3.63, 3.8) is 0 Å². The van der Waals surface area contributed by atoms with Gasteiger partial charge in [-0.3, -0.25) is 4.79 Å². The zero-order valence-corrected chi connectivity index (χ0v) is 24.2. The number of fused-ring (bicyclic) bond motifs is 1. The van der Waals surface area contributed by atoms with Crippen LogP contribution in [0.1, 0.15) is 61.3 Å². The lowest BCUT2D eigenvalue weighted by Gasteiger charge is -2.25. The molecule has 5 rings (SSSR count). The monoisotopic (exact) mass is 544 g/mol. The van der Waals surface area contributed by atoms with E-state index >= 15 is 0 Å². The van der Waals surface area contributed by atoms with Crippen LogP contribution in [-0.4, -0.2) is 28.5 Å². The summed E-state index contributed by atoms with van der Waals surface area (Å²) in [4.78, 5) is 15.8. The number of para-hydroxylation sites is 1. The van der Waals surface area contributed by atoms with Gasteiger partial charge in [0.25, 0.3) is 0 Å². The Morgan fingerprint density at radius 2 is 1.44 bits per heavy atom. The molecule has 1 atom stereocenters. The maximum atomic E-state index is 13.8. The lowest BCUT2D eigenvalue weighted by atomic mass is 9.87. The van der Waals surface area contributed by atoms with Gasteiger partial charge in [0.15, 0.2) is 0 Å². The molecule has 4 aromatic carbocycles. The quantitative estimate of drug-likeness (QED) is 0.149. The third-order valence-corrected chi connectivity index (χ3v) is 7.62. The van der Waals surface area contributed by atoms with Gasteiger partial charge in [-0.1, -0.05) is 105 Å². The van der Waals surface area contributed by atoms with E-state index in [0.717, 1.165) is 49.4 Å². The van der Waals surface area contributed by atoms with Gasteiger partial charge in [-0.25, -0.2) is 0 Å². The summed E-state index contributed by atoms with van der Waals surface area (Å²) in [6, 6.07) is 37.6. The Kier molecular flexibility index (Phi) is 9.53. The molecule has 0 saturated heterocycles. The second-order valence-electron chi connectivity index (χ2n) is 10.7. The molecular formula is C37H40N2O2. The lowest BCUT2D eigenvalue weighted by Crippen LogP contribution is -2.33. The number of benzene rings is 4. The topological polar surface area (TPSA) is 34.5 Å². The Morgan fingerprint density at radius 1 is 0.780 bits per heavy atom. The highest BCUT2D eigenvalue weighted by atomic mass is 16.5. The van der Waals surface area contributed by atoms with Gasteiger partial charge < -0.3 is 14.2 Å². The SMILES string of the molecule is CCCN(CCC)C(=O)CC(c1cccc(OCc2ccccc2)c1)c1cn(Cc2ccccc2)c2ccccc12. The van der Waals surface area contributed by atoms with E-state index in [4.69, 9.17) is 4.74 Å². The van der Waals surface area contributed by atoms with Crippen molar-refractivity contribution in [1.29, 1.82) is 0 Å². The molecule has 0 spiro atoms. The van der Waals surface area contributed by atoms with Gasteiger partial charge in [-0.2, -0.15) is 0 Å². The summed E-state index contributed by atoms with van der Waals surface area (Å²) >= 11 is 0. The lowest BCUT2D eigenvalue weighted by molar-refractivity contribution is -0.131. The van der Waals surface area contributed by atoms with Crippen LogP contribution in [0.2, 0.25) is 0 Å². The fourth-order valence-electron chi connectivity index (χ4n) is 5.64. The van der Waals surface area contributed by atoms with E-state index in [0.29, 0.717) is 13.0 Å². The molecule has 4 heteroatoms. The van der Waals surface area contributed by atoms with Crippen molar-refractivity contribution in [2.75, 3.05) is 13.1 Å². The highest BCUT2D eigenvalue weighted by Crippen LogP contribution is 2.37. The van der Waals surface area contributed by atoms with Crippen LogP contribution in [0.4, 0.5) is 0 Å². The molecule has 1 aromatic heterocycles. The van der Waals surface area contributed by atoms with Gasteiger partial charge in [0.1, 0.15) is 12.4 Å². The van der Waals surface area contributed by atoms with Gasteiger partial charge in [0, 0.05) is 49.1 Å². The summed E-state index contributed by atoms with van der Waals surface area (Å²) in [6.07, 6.45) is 4.59. The molecule has 0 saturated carbocycles. The summed E-state index contributed by atoms with van der Waals surface area (Å²) in [5.74, 6) is 0.922. The van der Waals surface area contributed by atoms with E-state index in [1.54, 1.807) is 0 Å². The van der Waals surface area contributed by atoms with Crippen LogP contribution in [0, 0.1) is 0 Å². The normalized spacial score (nSPS) is 11.9. The van der Waals surface area contributed by atoms with Crippen molar-refractivity contribution in [3.05, 3.63) is 138 Å². The maximum Gasteiger partial charge on any atom is 0.223 e. The molecule has 0 N–H and O–H groups in total. The Labute approximate surface area is 244 Å². The van der Waals surface area contributed by atoms with Crippen LogP contribution >= 0.6 is 0 Å². The van der Waals surface area contributed by atoms with Crippen LogP contribution in [0.5, 0.6) is 5.75 Å². The molecule has 0 bridgehead atoms. The molecule has 210 valence electrons. The molecule has 1 amide bonds. The number of hydrogen-bond donors (Lipinski definition) is 0. The Hall–Kier alpha value is -4.31. The maximum absolute atomic E-state index is 13.8. The Bertz CT molecular complexity index is 1540. The average molecular weight is 545 g/mol. The van der Waals surface area contributed by atoms with E-state index in [-0.39, 0.29) is 11.8 Å². The van der Waals surface area contributed by atoms with E-state index < -0.39 is 0 Å². The summed E-state index contributed by atoms with van der Waals surface area (Å²) in [6.45, 7) is 7.13. The molecule has 1 unspecified atom stereocenters. The first-order valence-electron chi connectivity index (χ1n) is 14.8. The summed E-state index contributed by atoms with van der Waals surface area (Å²) in [5.41, 5.74) is 5.83. The summed E-state index contributed by atoms with van der Waals surface area (Å²) in [5, 5.41) is 1.19. The standard InChI is InChI=1S/C37H40N2O2/c1-3-22-38(23-4-2)37(40)25-34(31-18-13-19-32(24-31)41-28-30-16-9-6-10-17-30)35-27-39(26-29-14-7-5-8-15-29)36-21-12-11-20-33(35)36/h5-21,24,27,34H,3-4,22-23,25-26,28H2,1-2H3. The fourth-order valence-corrected chi connectivity index (χ4v) is 5.64. The predicted octanol–water partition coefficient (Wildman–Crippen LogP) is 8.44. The van der Waals surface area contributed by atoms with Gasteiger partial charge in [-0.05, 0) is 53.3 Å².